The van der Waals surface area contributed by atoms with Crippen molar-refractivity contribution in [1.29, 1.82) is 0 Å². The van der Waals surface area contributed by atoms with Gasteiger partial charge in [0.25, 0.3) is 0 Å². The maximum absolute atomic E-state index is 13.6. The Bertz CT molecular complexity index is 1190. The summed E-state index contributed by atoms with van der Waals surface area (Å²) in [6.45, 7) is 6.39. The Morgan fingerprint density at radius 3 is 2.53 bits per heavy atom. The maximum atomic E-state index is 13.6. The Morgan fingerprint density at radius 1 is 1.03 bits per heavy atom. The van der Waals surface area contributed by atoms with Crippen molar-refractivity contribution in [1.82, 2.24) is 15.1 Å². The number of allylic oxidation sites excluding steroid dienone is 1. The van der Waals surface area contributed by atoms with Crippen molar-refractivity contribution in [3.05, 3.63) is 71.8 Å². The molecule has 2 aromatic carbocycles. The average Bonchev–Trinajstić information content (AvgIpc) is 3.48. The van der Waals surface area contributed by atoms with Gasteiger partial charge in [0.1, 0.15) is 0 Å². The maximum Gasteiger partial charge on any atom is 0.232 e. The third kappa shape index (κ3) is 5.68. The highest BCUT2D eigenvalue weighted by molar-refractivity contribution is 5.99. The first kappa shape index (κ1) is 26.2. The molecule has 1 spiro atoms. The van der Waals surface area contributed by atoms with Gasteiger partial charge in [-0.2, -0.15) is 0 Å². The number of carbonyl (C=O) groups excluding carboxylic acids is 3. The summed E-state index contributed by atoms with van der Waals surface area (Å²) in [5.74, 6) is -0.486. The van der Waals surface area contributed by atoms with Crippen LogP contribution in [-0.4, -0.2) is 73.3 Å². The van der Waals surface area contributed by atoms with E-state index in [0.29, 0.717) is 26.2 Å². The van der Waals surface area contributed by atoms with E-state index in [2.05, 4.69) is 46.6 Å². The molecule has 2 aliphatic heterocycles. The summed E-state index contributed by atoms with van der Waals surface area (Å²) >= 11 is 0. The van der Waals surface area contributed by atoms with Gasteiger partial charge in [0.15, 0.2) is 0 Å². The zero-order valence-corrected chi connectivity index (χ0v) is 22.3. The number of amides is 3. The Labute approximate surface area is 225 Å². The monoisotopic (exact) mass is 514 g/mol. The van der Waals surface area contributed by atoms with Crippen LogP contribution in [0.25, 0.3) is 6.08 Å². The fourth-order valence-electron chi connectivity index (χ4n) is 6.21. The normalized spacial score (nSPS) is 20.1. The van der Waals surface area contributed by atoms with Gasteiger partial charge in [-0.1, -0.05) is 54.6 Å². The first-order chi connectivity index (χ1) is 18.4. The highest BCUT2D eigenvalue weighted by atomic mass is 16.2. The predicted octanol–water partition coefficient (Wildman–Crippen LogP) is 3.45. The molecule has 0 bridgehead atoms. The smallest absolute Gasteiger partial charge is 0.232 e. The molecule has 7 nitrogen and oxygen atoms in total. The lowest BCUT2D eigenvalue weighted by Gasteiger charge is -2.39. The Balaban J connectivity index is 1.16. The molecule has 5 rings (SSSR count). The van der Waals surface area contributed by atoms with Gasteiger partial charge in [-0.3, -0.25) is 14.4 Å². The van der Waals surface area contributed by atoms with E-state index in [0.717, 1.165) is 44.6 Å². The Hall–Kier alpha value is -3.45. The molecule has 3 amide bonds. The van der Waals surface area contributed by atoms with Crippen LogP contribution in [0.4, 0.5) is 5.69 Å². The van der Waals surface area contributed by atoms with Crippen LogP contribution >= 0.6 is 0 Å². The lowest BCUT2D eigenvalue weighted by molar-refractivity contribution is -0.128. The summed E-state index contributed by atoms with van der Waals surface area (Å²) < 4.78 is 0. The highest BCUT2D eigenvalue weighted by Crippen LogP contribution is 2.43. The second-order valence-corrected chi connectivity index (χ2v) is 10.8. The van der Waals surface area contributed by atoms with E-state index in [1.54, 1.807) is 4.90 Å². The molecule has 2 fully saturated rings. The van der Waals surface area contributed by atoms with Crippen LogP contribution < -0.4 is 10.2 Å². The summed E-state index contributed by atoms with van der Waals surface area (Å²) in [5, 5.41) is 2.73. The molecular weight excluding hydrogens is 476 g/mol. The minimum atomic E-state index is -0.357. The number of carbonyl (C=O) groups is 3. The van der Waals surface area contributed by atoms with Gasteiger partial charge < -0.3 is 20.0 Å². The summed E-state index contributed by atoms with van der Waals surface area (Å²) in [6.07, 6.45) is 8.05. The minimum Gasteiger partial charge on any atom is -0.355 e. The second-order valence-electron chi connectivity index (χ2n) is 10.8. The highest BCUT2D eigenvalue weighted by Gasteiger charge is 2.38. The van der Waals surface area contributed by atoms with E-state index in [9.17, 15) is 14.4 Å². The number of anilines is 1. The van der Waals surface area contributed by atoms with Crippen LogP contribution in [0.1, 0.15) is 43.7 Å². The van der Waals surface area contributed by atoms with Gasteiger partial charge >= 0.3 is 0 Å². The lowest BCUT2D eigenvalue weighted by atomic mass is 9.74. The largest absolute Gasteiger partial charge is 0.355 e. The van der Waals surface area contributed by atoms with Crippen LogP contribution in [0.3, 0.4) is 0 Å². The van der Waals surface area contributed by atoms with Crippen molar-refractivity contribution in [2.24, 2.45) is 5.92 Å². The summed E-state index contributed by atoms with van der Waals surface area (Å²) in [6, 6.07) is 18.5. The first-order valence-corrected chi connectivity index (χ1v) is 13.8. The van der Waals surface area contributed by atoms with E-state index >= 15 is 0 Å². The van der Waals surface area contributed by atoms with E-state index in [-0.39, 0.29) is 35.5 Å². The quantitative estimate of drug-likeness (QED) is 0.556. The molecule has 0 aromatic heterocycles. The predicted molar refractivity (Wildman–Crippen MR) is 150 cm³/mol. The van der Waals surface area contributed by atoms with Crippen LogP contribution in [0.2, 0.25) is 0 Å². The molecule has 2 saturated heterocycles. The molecule has 3 aliphatic rings. The second kappa shape index (κ2) is 11.5. The third-order valence-corrected chi connectivity index (χ3v) is 8.34. The topological polar surface area (TPSA) is 73.0 Å². The van der Waals surface area contributed by atoms with Gasteiger partial charge in [0.2, 0.25) is 17.7 Å². The third-order valence-electron chi connectivity index (χ3n) is 8.34. The Kier molecular flexibility index (Phi) is 7.93. The van der Waals surface area contributed by atoms with E-state index in [4.69, 9.17) is 0 Å². The molecule has 38 heavy (non-hydrogen) atoms. The zero-order valence-electron chi connectivity index (χ0n) is 22.3. The van der Waals surface area contributed by atoms with Crippen molar-refractivity contribution in [2.45, 2.75) is 38.0 Å². The standard InChI is InChI=1S/C31H38N4O3/c1-24(36)32-16-21-34-23-26(22-29(34)37)30(38)35(27-9-3-2-4-10-27)18-7-17-33-19-14-31(15-20-33)13-12-25-8-5-6-11-28(25)31/h2-6,8-13,26H,7,14-23H2,1H3,(H,32,36). The number of benzene rings is 2. The van der Waals surface area contributed by atoms with Crippen molar-refractivity contribution >= 4 is 29.5 Å². The number of hydrogen-bond acceptors (Lipinski definition) is 4. The van der Waals surface area contributed by atoms with Crippen molar-refractivity contribution in [3.8, 4) is 0 Å². The number of fused-ring (bicyclic) bond motifs is 2. The van der Waals surface area contributed by atoms with Gasteiger partial charge in [-0.25, -0.2) is 0 Å². The number of rotatable bonds is 9. The van der Waals surface area contributed by atoms with E-state index in [1.807, 2.05) is 35.2 Å². The minimum absolute atomic E-state index is 0.0110. The van der Waals surface area contributed by atoms with Crippen LogP contribution in [-0.2, 0) is 19.8 Å². The number of nitrogens with zero attached hydrogens (tertiary/aromatic N) is 3. The number of likely N-dealkylation sites (tertiary alicyclic amines) is 2. The Morgan fingerprint density at radius 2 is 1.76 bits per heavy atom. The molecule has 0 radical (unpaired) electrons. The van der Waals surface area contributed by atoms with Crippen molar-refractivity contribution in [3.63, 3.8) is 0 Å². The molecule has 7 heteroatoms. The summed E-state index contributed by atoms with van der Waals surface area (Å²) in [4.78, 5) is 43.5. The summed E-state index contributed by atoms with van der Waals surface area (Å²) in [7, 11) is 0. The summed E-state index contributed by atoms with van der Waals surface area (Å²) in [5.41, 5.74) is 3.89. The molecule has 2 aromatic rings. The van der Waals surface area contributed by atoms with Gasteiger partial charge in [-0.15, -0.1) is 0 Å². The van der Waals surface area contributed by atoms with E-state index in [1.165, 1.54) is 18.1 Å². The van der Waals surface area contributed by atoms with Gasteiger partial charge in [0.05, 0.1) is 5.92 Å². The molecular formula is C31H38N4O3. The van der Waals surface area contributed by atoms with Crippen molar-refractivity contribution in [2.75, 3.05) is 50.7 Å². The number of nitrogens with one attached hydrogen (secondary N) is 1. The van der Waals surface area contributed by atoms with Gasteiger partial charge in [-0.05, 0) is 62.2 Å². The molecule has 2 heterocycles. The molecule has 1 unspecified atom stereocenters. The van der Waals surface area contributed by atoms with Crippen LogP contribution in [0.15, 0.2) is 60.7 Å². The van der Waals surface area contributed by atoms with E-state index < -0.39 is 0 Å². The molecule has 1 atom stereocenters. The average molecular weight is 515 g/mol. The van der Waals surface area contributed by atoms with Gasteiger partial charge in [0, 0.05) is 50.6 Å². The number of para-hydroxylation sites is 1. The molecule has 200 valence electrons. The number of piperidine rings is 1. The first-order valence-electron chi connectivity index (χ1n) is 13.8. The molecule has 0 saturated carbocycles. The molecule has 1 aliphatic carbocycles. The SMILES string of the molecule is CC(=O)NCCN1CC(C(=O)N(CCCN2CCC3(C=Cc4ccccc43)CC2)c2ccccc2)CC1=O. The van der Waals surface area contributed by atoms with Crippen molar-refractivity contribution < 1.29 is 14.4 Å². The van der Waals surface area contributed by atoms with Crippen LogP contribution in [0, 0.1) is 5.92 Å². The lowest BCUT2D eigenvalue weighted by Crippen LogP contribution is -2.43. The zero-order chi connectivity index (χ0) is 26.5. The fraction of sp³-hybridized carbons (Fsp3) is 0.452. The van der Waals surface area contributed by atoms with Crippen LogP contribution in [0.5, 0.6) is 0 Å². The molecule has 1 N–H and O–H groups in total. The number of hydrogen-bond donors (Lipinski definition) is 1. The fourth-order valence-corrected chi connectivity index (χ4v) is 6.21.